The van der Waals surface area contributed by atoms with E-state index in [9.17, 15) is 4.79 Å². The van der Waals surface area contributed by atoms with Gasteiger partial charge in [-0.05, 0) is 44.4 Å². The fourth-order valence-corrected chi connectivity index (χ4v) is 3.64. The van der Waals surface area contributed by atoms with Gasteiger partial charge < -0.3 is 20.3 Å². The van der Waals surface area contributed by atoms with Crippen LogP contribution in [0.2, 0.25) is 0 Å². The molecule has 0 bridgehead atoms. The van der Waals surface area contributed by atoms with Gasteiger partial charge in [-0.3, -0.25) is 9.79 Å². The average Bonchev–Trinajstić information content (AvgIpc) is 3.16. The molecule has 1 atom stereocenters. The number of rotatable bonds is 4. The second-order valence-electron chi connectivity index (χ2n) is 8.62. The molecule has 148 valence electrons. The van der Waals surface area contributed by atoms with Crippen molar-refractivity contribution >= 4 is 17.6 Å². The molecule has 1 amide bonds. The highest BCUT2D eigenvalue weighted by Crippen LogP contribution is 2.46. The Labute approximate surface area is 162 Å². The maximum atomic E-state index is 12.2. The third-order valence-corrected chi connectivity index (χ3v) is 6.22. The van der Waals surface area contributed by atoms with Crippen molar-refractivity contribution in [2.75, 3.05) is 25.5 Å². The number of likely N-dealkylation sites (tertiary alicyclic amines) is 1. The van der Waals surface area contributed by atoms with Crippen LogP contribution >= 0.6 is 0 Å². The third-order valence-electron chi connectivity index (χ3n) is 6.22. The van der Waals surface area contributed by atoms with Crippen molar-refractivity contribution < 1.29 is 9.53 Å². The molecule has 0 aliphatic carbocycles. The summed E-state index contributed by atoms with van der Waals surface area (Å²) in [6.07, 6.45) is 1.43. The van der Waals surface area contributed by atoms with Gasteiger partial charge in [0.1, 0.15) is 6.10 Å². The van der Waals surface area contributed by atoms with E-state index in [1.54, 1.807) is 0 Å². The van der Waals surface area contributed by atoms with Crippen LogP contribution < -0.4 is 10.6 Å². The minimum atomic E-state index is -0.317. The van der Waals surface area contributed by atoms with E-state index < -0.39 is 0 Å². The molecule has 1 aromatic carbocycles. The first-order valence-corrected chi connectivity index (χ1v) is 9.74. The van der Waals surface area contributed by atoms with Gasteiger partial charge in [0.15, 0.2) is 5.96 Å². The summed E-state index contributed by atoms with van der Waals surface area (Å²) in [7, 11) is 1.82. The van der Waals surface area contributed by atoms with Crippen LogP contribution in [0.3, 0.4) is 0 Å². The Balaban J connectivity index is 1.59. The number of hydrogen-bond acceptors (Lipinski definition) is 3. The molecule has 0 radical (unpaired) electrons. The van der Waals surface area contributed by atoms with Gasteiger partial charge in [-0.1, -0.05) is 26.0 Å². The third kappa shape index (κ3) is 3.95. The van der Waals surface area contributed by atoms with Crippen LogP contribution in [0, 0.1) is 5.41 Å². The summed E-state index contributed by atoms with van der Waals surface area (Å²) in [4.78, 5) is 19.0. The number of benzene rings is 1. The molecule has 6 nitrogen and oxygen atoms in total. The maximum absolute atomic E-state index is 12.2. The van der Waals surface area contributed by atoms with Gasteiger partial charge >= 0.3 is 0 Å². The SMILES string of the molecule is CN=C(NCc1cccc(NC(=O)C2CCCO2)c1)N1CC(C)(C)C1(C)C. The van der Waals surface area contributed by atoms with Crippen molar-refractivity contribution in [3.63, 3.8) is 0 Å². The second kappa shape index (κ2) is 7.50. The van der Waals surface area contributed by atoms with E-state index in [1.165, 1.54) is 0 Å². The number of amides is 1. The Morgan fingerprint density at radius 2 is 2.11 bits per heavy atom. The van der Waals surface area contributed by atoms with Crippen LogP contribution in [0.25, 0.3) is 0 Å². The number of nitrogens with zero attached hydrogens (tertiary/aromatic N) is 2. The molecule has 2 aliphatic heterocycles. The van der Waals surface area contributed by atoms with Crippen molar-refractivity contribution in [1.29, 1.82) is 0 Å². The van der Waals surface area contributed by atoms with Gasteiger partial charge in [0.05, 0.1) is 0 Å². The van der Waals surface area contributed by atoms with Crippen LogP contribution in [0.4, 0.5) is 5.69 Å². The number of carbonyl (C=O) groups is 1. The molecule has 6 heteroatoms. The fourth-order valence-electron chi connectivity index (χ4n) is 3.64. The van der Waals surface area contributed by atoms with E-state index in [-0.39, 0.29) is 23.0 Å². The molecule has 2 fully saturated rings. The number of nitrogens with one attached hydrogen (secondary N) is 2. The Hall–Kier alpha value is -2.08. The first kappa shape index (κ1) is 19.7. The van der Waals surface area contributed by atoms with Crippen molar-refractivity contribution in [2.24, 2.45) is 10.4 Å². The summed E-state index contributed by atoms with van der Waals surface area (Å²) in [6.45, 7) is 11.4. The van der Waals surface area contributed by atoms with E-state index >= 15 is 0 Å². The molecule has 27 heavy (non-hydrogen) atoms. The predicted octanol–water partition coefficient (Wildman–Crippen LogP) is 3.00. The summed E-state index contributed by atoms with van der Waals surface area (Å²) in [6, 6.07) is 7.92. The molecular formula is C21H32N4O2. The van der Waals surface area contributed by atoms with Crippen LogP contribution in [0.5, 0.6) is 0 Å². The Kier molecular flexibility index (Phi) is 5.47. The molecule has 0 spiro atoms. The number of ether oxygens (including phenoxy) is 1. The van der Waals surface area contributed by atoms with Gasteiger partial charge in [-0.15, -0.1) is 0 Å². The zero-order valence-electron chi connectivity index (χ0n) is 17.1. The monoisotopic (exact) mass is 372 g/mol. The number of hydrogen-bond donors (Lipinski definition) is 2. The number of carbonyl (C=O) groups excluding carboxylic acids is 1. The molecule has 1 unspecified atom stereocenters. The standard InChI is InChI=1S/C21H32N4O2/c1-20(2)14-25(21(20,3)4)19(22-5)23-13-15-8-6-9-16(12-15)24-18(26)17-10-7-11-27-17/h6,8-9,12,17H,7,10-11,13-14H2,1-5H3,(H,22,23)(H,24,26). The van der Waals surface area contributed by atoms with Gasteiger partial charge in [0.2, 0.25) is 0 Å². The van der Waals surface area contributed by atoms with Gasteiger partial charge in [0, 0.05) is 43.4 Å². The zero-order valence-corrected chi connectivity index (χ0v) is 17.1. The van der Waals surface area contributed by atoms with Crippen molar-refractivity contribution in [3.8, 4) is 0 Å². The van der Waals surface area contributed by atoms with Crippen LogP contribution in [0.1, 0.15) is 46.1 Å². The van der Waals surface area contributed by atoms with Crippen LogP contribution in [-0.4, -0.2) is 48.6 Å². The minimum absolute atomic E-state index is 0.0574. The van der Waals surface area contributed by atoms with E-state index in [2.05, 4.69) is 48.2 Å². The lowest BCUT2D eigenvalue weighted by Crippen LogP contribution is -2.72. The van der Waals surface area contributed by atoms with Crippen molar-refractivity contribution in [2.45, 2.75) is 58.7 Å². The molecule has 0 aromatic heterocycles. The molecule has 1 aromatic rings. The first-order chi connectivity index (χ1) is 12.7. The van der Waals surface area contributed by atoms with Gasteiger partial charge in [-0.25, -0.2) is 0 Å². The topological polar surface area (TPSA) is 66.0 Å². The highest BCUT2D eigenvalue weighted by atomic mass is 16.5. The van der Waals surface area contributed by atoms with E-state index in [0.29, 0.717) is 13.2 Å². The molecule has 3 rings (SSSR count). The summed E-state index contributed by atoms with van der Waals surface area (Å²) < 4.78 is 5.45. The summed E-state index contributed by atoms with van der Waals surface area (Å²) in [5.41, 5.74) is 2.22. The van der Waals surface area contributed by atoms with Crippen molar-refractivity contribution in [1.82, 2.24) is 10.2 Å². The highest BCUT2D eigenvalue weighted by molar-refractivity contribution is 5.94. The Bertz CT molecular complexity index is 721. The smallest absolute Gasteiger partial charge is 0.253 e. The Morgan fingerprint density at radius 1 is 1.33 bits per heavy atom. The summed E-state index contributed by atoms with van der Waals surface area (Å²) in [5, 5.41) is 6.42. The summed E-state index contributed by atoms with van der Waals surface area (Å²) in [5.74, 6) is 0.853. The first-order valence-electron chi connectivity index (χ1n) is 9.74. The van der Waals surface area contributed by atoms with Gasteiger partial charge in [0.25, 0.3) is 5.91 Å². The van der Waals surface area contributed by atoms with Crippen LogP contribution in [-0.2, 0) is 16.1 Å². The normalized spacial score (nSPS) is 23.7. The summed E-state index contributed by atoms with van der Waals surface area (Å²) >= 11 is 0. The molecule has 2 N–H and O–H groups in total. The van der Waals surface area contributed by atoms with Gasteiger partial charge in [-0.2, -0.15) is 0 Å². The highest BCUT2D eigenvalue weighted by Gasteiger charge is 2.53. The lowest BCUT2D eigenvalue weighted by atomic mass is 9.65. The molecule has 2 saturated heterocycles. The second-order valence-corrected chi connectivity index (χ2v) is 8.62. The molecule has 0 saturated carbocycles. The number of anilines is 1. The predicted molar refractivity (Wildman–Crippen MR) is 109 cm³/mol. The largest absolute Gasteiger partial charge is 0.368 e. The lowest BCUT2D eigenvalue weighted by molar-refractivity contribution is -0.124. The fraction of sp³-hybridized carbons (Fsp3) is 0.619. The Morgan fingerprint density at radius 3 is 2.70 bits per heavy atom. The maximum Gasteiger partial charge on any atom is 0.253 e. The van der Waals surface area contributed by atoms with E-state index in [4.69, 9.17) is 4.74 Å². The molecular weight excluding hydrogens is 340 g/mol. The lowest BCUT2D eigenvalue weighted by Gasteiger charge is -2.62. The van der Waals surface area contributed by atoms with Crippen LogP contribution in [0.15, 0.2) is 29.3 Å². The zero-order chi connectivity index (χ0) is 19.7. The molecule has 2 aliphatic rings. The number of aliphatic imine (C=N–C) groups is 1. The number of guanidine groups is 1. The quantitative estimate of drug-likeness (QED) is 0.630. The molecule has 2 heterocycles. The van der Waals surface area contributed by atoms with Crippen molar-refractivity contribution in [3.05, 3.63) is 29.8 Å². The minimum Gasteiger partial charge on any atom is -0.368 e. The average molecular weight is 373 g/mol. The van der Waals surface area contributed by atoms with E-state index in [0.717, 1.165) is 36.6 Å². The van der Waals surface area contributed by atoms with E-state index in [1.807, 2.05) is 31.3 Å².